The average Bonchev–Trinajstić information content (AvgIpc) is 2.43. The van der Waals surface area contributed by atoms with E-state index in [1.54, 1.807) is 30.2 Å². The van der Waals surface area contributed by atoms with Gasteiger partial charge in [0.2, 0.25) is 5.91 Å². The molecule has 0 saturated heterocycles. The third-order valence-corrected chi connectivity index (χ3v) is 3.69. The molecule has 1 aromatic rings. The third-order valence-electron chi connectivity index (χ3n) is 2.26. The lowest BCUT2D eigenvalue weighted by Crippen LogP contribution is -2.24. The lowest BCUT2D eigenvalue weighted by atomic mass is 10.4. The van der Waals surface area contributed by atoms with Gasteiger partial charge >= 0.3 is 0 Å². The number of hydrogen-bond acceptors (Lipinski definition) is 6. The van der Waals surface area contributed by atoms with Crippen molar-refractivity contribution in [1.82, 2.24) is 14.9 Å². The van der Waals surface area contributed by atoms with Crippen molar-refractivity contribution in [1.29, 1.82) is 0 Å². The fourth-order valence-corrected chi connectivity index (χ4v) is 2.42. The number of carbonyl (C=O) groups excluding carboxylic acids is 1. The van der Waals surface area contributed by atoms with Crippen molar-refractivity contribution in [2.24, 2.45) is 0 Å². The van der Waals surface area contributed by atoms with Gasteiger partial charge in [-0.3, -0.25) is 4.79 Å². The van der Waals surface area contributed by atoms with Crippen molar-refractivity contribution < 1.29 is 4.79 Å². The number of hydrogen-bond donors (Lipinski definition) is 1. The highest BCUT2D eigenvalue weighted by Gasteiger charge is 2.03. The average molecular weight is 310 g/mol. The van der Waals surface area contributed by atoms with E-state index < -0.39 is 0 Å². The number of nitrogens with two attached hydrogens (primary N) is 1. The standard InChI is InChI=1S/C13H18N4OS2/c1-4-7-17(2)12(18)6-5-8-20-13-15-10(14)9-11(16-13)19-3/h4-6,9H,1,7-8H2,2-3H3,(H2,14,15,16)/b6-5+. The van der Waals surface area contributed by atoms with E-state index >= 15 is 0 Å². The van der Waals surface area contributed by atoms with Gasteiger partial charge in [-0.05, 0) is 12.3 Å². The van der Waals surface area contributed by atoms with Crippen molar-refractivity contribution in [2.45, 2.75) is 10.2 Å². The monoisotopic (exact) mass is 310 g/mol. The molecule has 0 atom stereocenters. The van der Waals surface area contributed by atoms with E-state index in [-0.39, 0.29) is 5.91 Å². The number of anilines is 1. The number of carbonyl (C=O) groups is 1. The normalized spacial score (nSPS) is 10.7. The first kappa shape index (κ1) is 16.6. The van der Waals surface area contributed by atoms with E-state index in [1.165, 1.54) is 29.6 Å². The second-order valence-electron chi connectivity index (χ2n) is 3.84. The van der Waals surface area contributed by atoms with Crippen LogP contribution in [0.5, 0.6) is 0 Å². The Balaban J connectivity index is 2.50. The first-order valence-corrected chi connectivity index (χ1v) is 8.11. The molecule has 1 amide bonds. The Hall–Kier alpha value is -1.47. The van der Waals surface area contributed by atoms with Crippen LogP contribution in [0.1, 0.15) is 0 Å². The maximum atomic E-state index is 11.6. The fraction of sp³-hybridized carbons (Fsp3) is 0.308. The van der Waals surface area contributed by atoms with Crippen molar-refractivity contribution >= 4 is 35.2 Å². The highest BCUT2D eigenvalue weighted by molar-refractivity contribution is 7.99. The molecular weight excluding hydrogens is 292 g/mol. The molecule has 0 spiro atoms. The van der Waals surface area contributed by atoms with Crippen molar-refractivity contribution in [2.75, 3.05) is 31.3 Å². The van der Waals surface area contributed by atoms with Crippen molar-refractivity contribution in [3.05, 3.63) is 30.9 Å². The lowest BCUT2D eigenvalue weighted by Gasteiger charge is -2.11. The maximum absolute atomic E-state index is 11.6. The summed E-state index contributed by atoms with van der Waals surface area (Å²) in [4.78, 5) is 21.7. The summed E-state index contributed by atoms with van der Waals surface area (Å²) in [5.41, 5.74) is 5.69. The Morgan fingerprint density at radius 3 is 2.95 bits per heavy atom. The summed E-state index contributed by atoms with van der Waals surface area (Å²) in [5.74, 6) is 1.02. The number of rotatable bonds is 7. The van der Waals surface area contributed by atoms with E-state index in [1.807, 2.05) is 6.26 Å². The number of nitrogen functional groups attached to an aromatic ring is 1. The van der Waals surface area contributed by atoms with Crippen LogP contribution in [-0.2, 0) is 4.79 Å². The molecule has 1 aromatic heterocycles. The van der Waals surface area contributed by atoms with Crippen LogP contribution in [0, 0.1) is 0 Å². The molecule has 0 aliphatic carbocycles. The molecule has 1 heterocycles. The number of thioether (sulfide) groups is 2. The molecule has 0 aliphatic rings. The van der Waals surface area contributed by atoms with Crippen molar-refractivity contribution in [3.8, 4) is 0 Å². The summed E-state index contributed by atoms with van der Waals surface area (Å²) in [6.07, 6.45) is 6.95. The van der Waals surface area contributed by atoms with Gasteiger partial charge in [0.1, 0.15) is 10.8 Å². The van der Waals surface area contributed by atoms with Gasteiger partial charge in [0.05, 0.1) is 0 Å². The quantitative estimate of drug-likeness (QED) is 0.273. The molecule has 0 aromatic carbocycles. The van der Waals surface area contributed by atoms with Gasteiger partial charge in [0.25, 0.3) is 0 Å². The minimum Gasteiger partial charge on any atom is -0.384 e. The molecule has 0 bridgehead atoms. The van der Waals surface area contributed by atoms with Gasteiger partial charge in [-0.15, -0.1) is 18.3 Å². The highest BCUT2D eigenvalue weighted by atomic mass is 32.2. The molecule has 5 nitrogen and oxygen atoms in total. The number of likely N-dealkylation sites (N-methyl/N-ethyl adjacent to an activating group) is 1. The summed E-state index contributed by atoms with van der Waals surface area (Å²) in [5, 5.41) is 1.46. The minimum atomic E-state index is -0.0520. The first-order valence-electron chi connectivity index (χ1n) is 5.90. The van der Waals surface area contributed by atoms with Crippen molar-refractivity contribution in [3.63, 3.8) is 0 Å². The van der Waals surface area contributed by atoms with Crippen LogP contribution in [0.4, 0.5) is 5.82 Å². The molecule has 108 valence electrons. The largest absolute Gasteiger partial charge is 0.384 e. The molecular formula is C13H18N4OS2. The molecule has 1 rings (SSSR count). The van der Waals surface area contributed by atoms with E-state index in [0.29, 0.717) is 23.3 Å². The SMILES string of the molecule is C=CCN(C)C(=O)/C=C/CSc1nc(N)cc(SC)n1. The van der Waals surface area contributed by atoms with Crippen LogP contribution >= 0.6 is 23.5 Å². The fourth-order valence-electron chi connectivity index (χ4n) is 1.27. The smallest absolute Gasteiger partial charge is 0.246 e. The Morgan fingerprint density at radius 2 is 2.30 bits per heavy atom. The lowest BCUT2D eigenvalue weighted by molar-refractivity contribution is -0.124. The molecule has 0 saturated carbocycles. The van der Waals surface area contributed by atoms with Gasteiger partial charge in [0.15, 0.2) is 5.16 Å². The maximum Gasteiger partial charge on any atom is 0.246 e. The molecule has 0 unspecified atom stereocenters. The van der Waals surface area contributed by atoms with Crippen LogP contribution < -0.4 is 5.73 Å². The predicted octanol–water partition coefficient (Wildman–Crippen LogP) is 2.07. The first-order chi connectivity index (χ1) is 9.56. The molecule has 20 heavy (non-hydrogen) atoms. The van der Waals surface area contributed by atoms with E-state index in [2.05, 4.69) is 16.5 Å². The zero-order valence-corrected chi connectivity index (χ0v) is 13.2. The number of aromatic nitrogens is 2. The molecule has 0 radical (unpaired) electrons. The Bertz CT molecular complexity index is 505. The third kappa shape index (κ3) is 5.66. The Morgan fingerprint density at radius 1 is 1.55 bits per heavy atom. The minimum absolute atomic E-state index is 0.0520. The molecule has 0 fully saturated rings. The zero-order chi connectivity index (χ0) is 15.0. The number of nitrogens with zero attached hydrogens (tertiary/aromatic N) is 3. The van der Waals surface area contributed by atoms with Crippen LogP contribution in [0.15, 0.2) is 41.1 Å². The second-order valence-corrected chi connectivity index (χ2v) is 5.65. The summed E-state index contributed by atoms with van der Waals surface area (Å²) < 4.78 is 0. The van der Waals surface area contributed by atoms with Crippen LogP contribution in [0.25, 0.3) is 0 Å². The Labute approximate surface area is 127 Å². The van der Waals surface area contributed by atoms with E-state index in [0.717, 1.165) is 5.03 Å². The molecule has 0 aliphatic heterocycles. The van der Waals surface area contributed by atoms with E-state index in [9.17, 15) is 4.79 Å². The van der Waals surface area contributed by atoms with Gasteiger partial charge < -0.3 is 10.6 Å². The zero-order valence-electron chi connectivity index (χ0n) is 11.6. The summed E-state index contributed by atoms with van der Waals surface area (Å²) >= 11 is 2.96. The van der Waals surface area contributed by atoms with Gasteiger partial charge in [-0.2, -0.15) is 0 Å². The van der Waals surface area contributed by atoms with Gasteiger partial charge in [-0.25, -0.2) is 9.97 Å². The van der Waals surface area contributed by atoms with Gasteiger partial charge in [0, 0.05) is 25.4 Å². The van der Waals surface area contributed by atoms with E-state index in [4.69, 9.17) is 5.73 Å². The number of amides is 1. The van der Waals surface area contributed by atoms with Crippen LogP contribution in [-0.4, -0.2) is 46.4 Å². The van der Waals surface area contributed by atoms with Gasteiger partial charge in [-0.1, -0.05) is 23.9 Å². The Kier molecular flexibility index (Phi) is 7.17. The summed E-state index contributed by atoms with van der Waals surface area (Å²) in [6.45, 7) is 4.12. The highest BCUT2D eigenvalue weighted by Crippen LogP contribution is 2.20. The molecule has 7 heteroatoms. The predicted molar refractivity (Wildman–Crippen MR) is 85.9 cm³/mol. The van der Waals surface area contributed by atoms with Crippen LogP contribution in [0.3, 0.4) is 0 Å². The summed E-state index contributed by atoms with van der Waals surface area (Å²) in [6, 6.07) is 1.73. The second kappa shape index (κ2) is 8.65. The van der Waals surface area contributed by atoms with Crippen LogP contribution in [0.2, 0.25) is 0 Å². The molecule has 2 N–H and O–H groups in total. The topological polar surface area (TPSA) is 72.1 Å². The summed E-state index contributed by atoms with van der Waals surface area (Å²) in [7, 11) is 1.73.